The Labute approximate surface area is 192 Å². The molecule has 32 heavy (non-hydrogen) atoms. The van der Waals surface area contributed by atoms with Crippen molar-refractivity contribution < 1.29 is 0 Å². The van der Waals surface area contributed by atoms with Gasteiger partial charge in [0, 0.05) is 24.2 Å². The fraction of sp³-hybridized carbons (Fsp3) is 0.429. The summed E-state index contributed by atoms with van der Waals surface area (Å²) in [5.41, 5.74) is 7.71. The average molecular weight is 427 g/mol. The standard InChI is InChI=1S/C28H34N4/c1-7-19-15-20-11-8-9-14-23(20)32-24-16-29-26(30-27(24)31(6)28(19)32)25-21(17(2)3)12-10-13-22(25)18(4)5/h8-14,16-19,28H,7,15H2,1-6H3. The van der Waals surface area contributed by atoms with E-state index in [0.29, 0.717) is 23.9 Å². The molecule has 4 heteroatoms. The van der Waals surface area contributed by atoms with E-state index in [1.165, 1.54) is 27.9 Å². The summed E-state index contributed by atoms with van der Waals surface area (Å²) in [6.45, 7) is 11.3. The van der Waals surface area contributed by atoms with Crippen LogP contribution in [0.25, 0.3) is 11.4 Å². The van der Waals surface area contributed by atoms with E-state index in [9.17, 15) is 0 Å². The molecule has 1 aromatic heterocycles. The fourth-order valence-corrected chi connectivity index (χ4v) is 5.63. The first kappa shape index (κ1) is 21.0. The molecule has 2 aromatic carbocycles. The summed E-state index contributed by atoms with van der Waals surface area (Å²) >= 11 is 0. The van der Waals surface area contributed by atoms with Gasteiger partial charge in [0.1, 0.15) is 11.9 Å². The van der Waals surface area contributed by atoms with E-state index in [4.69, 9.17) is 9.97 Å². The van der Waals surface area contributed by atoms with E-state index in [1.54, 1.807) is 0 Å². The van der Waals surface area contributed by atoms with Crippen LogP contribution in [0.5, 0.6) is 0 Å². The molecule has 4 nitrogen and oxygen atoms in total. The number of fused-ring (bicyclic) bond motifs is 5. The van der Waals surface area contributed by atoms with Crippen molar-refractivity contribution in [3.8, 4) is 11.4 Å². The van der Waals surface area contributed by atoms with Gasteiger partial charge in [0.05, 0.1) is 6.20 Å². The van der Waals surface area contributed by atoms with Gasteiger partial charge in [-0.05, 0) is 47.4 Å². The van der Waals surface area contributed by atoms with Gasteiger partial charge in [0.25, 0.3) is 0 Å². The van der Waals surface area contributed by atoms with Crippen molar-refractivity contribution in [3.63, 3.8) is 0 Å². The molecule has 0 fully saturated rings. The van der Waals surface area contributed by atoms with Crippen LogP contribution < -0.4 is 9.80 Å². The molecule has 5 rings (SSSR count). The quantitative estimate of drug-likeness (QED) is 0.455. The smallest absolute Gasteiger partial charge is 0.162 e. The molecule has 2 aliphatic heterocycles. The summed E-state index contributed by atoms with van der Waals surface area (Å²) in [5, 5.41) is 0. The number of hydrogen-bond donors (Lipinski definition) is 0. The Kier molecular flexibility index (Phi) is 5.19. The molecule has 3 aromatic rings. The summed E-state index contributed by atoms with van der Waals surface area (Å²) in [6, 6.07) is 15.5. The summed E-state index contributed by atoms with van der Waals surface area (Å²) in [7, 11) is 2.20. The van der Waals surface area contributed by atoms with Crippen LogP contribution in [0.1, 0.15) is 69.6 Å². The lowest BCUT2D eigenvalue weighted by Gasteiger charge is -2.41. The Morgan fingerprint density at radius 1 is 0.938 bits per heavy atom. The first-order chi connectivity index (χ1) is 15.4. The van der Waals surface area contributed by atoms with Gasteiger partial charge in [-0.15, -0.1) is 0 Å². The van der Waals surface area contributed by atoms with Crippen LogP contribution in [0.15, 0.2) is 48.7 Å². The predicted molar refractivity (Wildman–Crippen MR) is 134 cm³/mol. The average Bonchev–Trinajstić information content (AvgIpc) is 3.10. The highest BCUT2D eigenvalue weighted by Gasteiger charge is 2.44. The van der Waals surface area contributed by atoms with Gasteiger partial charge in [-0.25, -0.2) is 9.97 Å². The number of para-hydroxylation sites is 1. The third-order valence-corrected chi connectivity index (χ3v) is 7.28. The fourth-order valence-electron chi connectivity index (χ4n) is 5.63. The van der Waals surface area contributed by atoms with Crippen molar-refractivity contribution in [2.24, 2.45) is 5.92 Å². The third-order valence-electron chi connectivity index (χ3n) is 7.28. The first-order valence-electron chi connectivity index (χ1n) is 12.0. The summed E-state index contributed by atoms with van der Waals surface area (Å²) in [5.74, 6) is 3.29. The molecule has 0 bridgehead atoms. The minimum Gasteiger partial charge on any atom is -0.337 e. The summed E-state index contributed by atoms with van der Waals surface area (Å²) in [6.07, 6.45) is 4.60. The largest absolute Gasteiger partial charge is 0.337 e. The molecule has 0 spiro atoms. The summed E-state index contributed by atoms with van der Waals surface area (Å²) < 4.78 is 0. The van der Waals surface area contributed by atoms with Crippen LogP contribution in [0.3, 0.4) is 0 Å². The minimum atomic E-state index is 0.291. The molecule has 3 heterocycles. The Morgan fingerprint density at radius 3 is 2.28 bits per heavy atom. The monoisotopic (exact) mass is 426 g/mol. The lowest BCUT2D eigenvalue weighted by molar-refractivity contribution is 0.391. The SMILES string of the molecule is CCC1Cc2ccccc2N2c3cnc(-c4c(C(C)C)cccc4C(C)C)nc3N(C)C12. The zero-order chi connectivity index (χ0) is 22.6. The third kappa shape index (κ3) is 3.11. The van der Waals surface area contributed by atoms with E-state index >= 15 is 0 Å². The van der Waals surface area contributed by atoms with E-state index in [-0.39, 0.29) is 0 Å². The van der Waals surface area contributed by atoms with Crippen molar-refractivity contribution in [1.82, 2.24) is 9.97 Å². The molecule has 0 radical (unpaired) electrons. The molecule has 0 amide bonds. The maximum absolute atomic E-state index is 5.23. The topological polar surface area (TPSA) is 32.3 Å². The highest BCUT2D eigenvalue weighted by molar-refractivity contribution is 5.84. The second-order valence-corrected chi connectivity index (χ2v) is 9.92. The Hall–Kier alpha value is -2.88. The zero-order valence-electron chi connectivity index (χ0n) is 20.1. The van der Waals surface area contributed by atoms with E-state index in [2.05, 4.69) is 100 Å². The molecular weight excluding hydrogens is 392 g/mol. The van der Waals surface area contributed by atoms with Gasteiger partial charge in [-0.1, -0.05) is 71.0 Å². The van der Waals surface area contributed by atoms with Crippen molar-refractivity contribution in [2.75, 3.05) is 16.8 Å². The van der Waals surface area contributed by atoms with E-state index in [1.807, 2.05) is 0 Å². The molecular formula is C28H34N4. The Balaban J connectivity index is 1.69. The number of benzene rings is 2. The Bertz CT molecular complexity index is 1120. The van der Waals surface area contributed by atoms with Crippen LogP contribution in [0.4, 0.5) is 17.2 Å². The van der Waals surface area contributed by atoms with Crippen molar-refractivity contribution in [3.05, 3.63) is 65.4 Å². The maximum atomic E-state index is 5.23. The molecule has 2 atom stereocenters. The predicted octanol–water partition coefficient (Wildman–Crippen LogP) is 6.89. The van der Waals surface area contributed by atoms with Gasteiger partial charge in [0.2, 0.25) is 0 Å². The first-order valence-corrected chi connectivity index (χ1v) is 12.0. The van der Waals surface area contributed by atoms with E-state index in [0.717, 1.165) is 30.2 Å². The van der Waals surface area contributed by atoms with Crippen molar-refractivity contribution >= 4 is 17.2 Å². The van der Waals surface area contributed by atoms with Gasteiger partial charge in [-0.3, -0.25) is 0 Å². The van der Waals surface area contributed by atoms with Crippen LogP contribution in [0.2, 0.25) is 0 Å². The number of rotatable bonds is 4. The van der Waals surface area contributed by atoms with Gasteiger partial charge in [-0.2, -0.15) is 0 Å². The normalized spacial score (nSPS) is 19.4. The molecule has 0 aliphatic carbocycles. The second kappa shape index (κ2) is 7.91. The lowest BCUT2D eigenvalue weighted by Crippen LogP contribution is -2.48. The van der Waals surface area contributed by atoms with Crippen molar-refractivity contribution in [2.45, 2.75) is 65.5 Å². The molecule has 0 saturated heterocycles. The van der Waals surface area contributed by atoms with Crippen LogP contribution in [0, 0.1) is 5.92 Å². The van der Waals surface area contributed by atoms with Crippen LogP contribution in [-0.2, 0) is 6.42 Å². The van der Waals surface area contributed by atoms with Gasteiger partial charge >= 0.3 is 0 Å². The Morgan fingerprint density at radius 2 is 1.62 bits per heavy atom. The zero-order valence-corrected chi connectivity index (χ0v) is 20.1. The lowest BCUT2D eigenvalue weighted by atomic mass is 9.88. The molecule has 0 saturated carbocycles. The highest BCUT2D eigenvalue weighted by Crippen LogP contribution is 2.50. The molecule has 166 valence electrons. The van der Waals surface area contributed by atoms with Gasteiger partial charge in [0.15, 0.2) is 11.6 Å². The second-order valence-electron chi connectivity index (χ2n) is 9.92. The number of aromatic nitrogens is 2. The van der Waals surface area contributed by atoms with Gasteiger partial charge < -0.3 is 9.80 Å². The molecule has 2 aliphatic rings. The minimum absolute atomic E-state index is 0.291. The number of anilines is 3. The maximum Gasteiger partial charge on any atom is 0.162 e. The van der Waals surface area contributed by atoms with Crippen molar-refractivity contribution in [1.29, 1.82) is 0 Å². The van der Waals surface area contributed by atoms with Crippen LogP contribution in [-0.4, -0.2) is 23.2 Å². The molecule has 2 unspecified atom stereocenters. The number of hydrogen-bond acceptors (Lipinski definition) is 4. The molecule has 0 N–H and O–H groups in total. The van der Waals surface area contributed by atoms with E-state index < -0.39 is 0 Å². The van der Waals surface area contributed by atoms with Crippen LogP contribution >= 0.6 is 0 Å². The summed E-state index contributed by atoms with van der Waals surface area (Å²) in [4.78, 5) is 15.1. The number of nitrogens with zero attached hydrogens (tertiary/aromatic N) is 4. The highest BCUT2D eigenvalue weighted by atomic mass is 15.4.